The van der Waals surface area contributed by atoms with Gasteiger partial charge in [0.2, 0.25) is 21.8 Å². The number of nitrogens with one attached hydrogen (secondary N) is 5. The second kappa shape index (κ2) is 16.1. The largest absolute Gasteiger partial charge is 0.480 e. The number of pyridine rings is 1. The van der Waals surface area contributed by atoms with Crippen molar-refractivity contribution in [1.29, 1.82) is 0 Å². The van der Waals surface area contributed by atoms with E-state index < -0.39 is 34.5 Å². The molecule has 1 unspecified atom stereocenters. The average Bonchev–Trinajstić information content (AvgIpc) is 3.02. The molecule has 0 saturated carbocycles. The molecule has 0 aliphatic carbocycles. The van der Waals surface area contributed by atoms with E-state index in [0.29, 0.717) is 17.2 Å². The van der Waals surface area contributed by atoms with Crippen LogP contribution in [0.15, 0.2) is 41.4 Å². The van der Waals surface area contributed by atoms with Crippen molar-refractivity contribution in [2.45, 2.75) is 62.3 Å². The number of aromatic nitrogens is 1. The number of sulfonamides is 1. The van der Waals surface area contributed by atoms with Crippen molar-refractivity contribution in [3.8, 4) is 0 Å². The van der Waals surface area contributed by atoms with Crippen molar-refractivity contribution in [3.05, 3.63) is 36.5 Å². The van der Waals surface area contributed by atoms with Crippen LogP contribution in [0.3, 0.4) is 0 Å². The standard InChI is InChI=1S/C30H44N6O6S/c37-27(34-19-25(30(39)40)36-43(41,42)26-5-1-3-23-4-2-14-33-28(23)26)20-35-29(38)24(8-6-21-10-15-31-16-11-21)9-7-22-12-17-32-18-13-22/h1-5,14,21-22,24-25,31-32,36H,6-13,15-20H2,(H,34,37)(H,35,38)(H,39,40). The first kappa shape index (κ1) is 32.8. The maximum Gasteiger partial charge on any atom is 0.323 e. The predicted octanol–water partition coefficient (Wildman–Crippen LogP) is 1.37. The van der Waals surface area contributed by atoms with Crippen LogP contribution in [0.5, 0.6) is 0 Å². The van der Waals surface area contributed by atoms with Crippen LogP contribution in [0.1, 0.15) is 51.4 Å². The summed E-state index contributed by atoms with van der Waals surface area (Å²) in [6.07, 6.45) is 9.38. The Morgan fingerprint density at radius 3 is 2.12 bits per heavy atom. The number of rotatable bonds is 15. The molecule has 4 rings (SSSR count). The third-order valence-corrected chi connectivity index (χ3v) is 10.0. The number of fused-ring (bicyclic) bond motifs is 1. The molecule has 2 saturated heterocycles. The lowest BCUT2D eigenvalue weighted by Crippen LogP contribution is -2.50. The number of amides is 2. The Hall–Kier alpha value is -3.13. The molecule has 0 bridgehead atoms. The summed E-state index contributed by atoms with van der Waals surface area (Å²) in [6, 6.07) is 6.35. The third kappa shape index (κ3) is 9.95. The molecular weight excluding hydrogens is 572 g/mol. The Morgan fingerprint density at radius 1 is 0.907 bits per heavy atom. The van der Waals surface area contributed by atoms with E-state index in [9.17, 15) is 27.9 Å². The molecule has 43 heavy (non-hydrogen) atoms. The molecule has 2 aliphatic heterocycles. The van der Waals surface area contributed by atoms with Gasteiger partial charge in [-0.2, -0.15) is 4.72 Å². The normalized spacial score (nSPS) is 17.5. The SMILES string of the molecule is O=C(CNC(=O)C(CCC1CCNCC1)CCC1CCNCC1)NCC(NS(=O)(=O)c1cccc2cccnc12)C(=O)O. The minimum atomic E-state index is -4.27. The highest BCUT2D eigenvalue weighted by Crippen LogP contribution is 2.27. The Bertz CT molecular complexity index is 1320. The molecule has 1 atom stereocenters. The van der Waals surface area contributed by atoms with Gasteiger partial charge in [-0.25, -0.2) is 8.42 Å². The molecular formula is C30H44N6O6S. The predicted molar refractivity (Wildman–Crippen MR) is 163 cm³/mol. The molecule has 12 nitrogen and oxygen atoms in total. The molecule has 2 amide bonds. The summed E-state index contributed by atoms with van der Waals surface area (Å²) in [7, 11) is -4.27. The summed E-state index contributed by atoms with van der Waals surface area (Å²) in [5, 5.41) is 22.2. The number of hydrogen-bond acceptors (Lipinski definition) is 8. The van der Waals surface area contributed by atoms with Gasteiger partial charge in [-0.1, -0.05) is 18.2 Å². The van der Waals surface area contributed by atoms with Gasteiger partial charge in [-0.3, -0.25) is 19.4 Å². The molecule has 1 aromatic carbocycles. The number of para-hydroxylation sites is 1. The van der Waals surface area contributed by atoms with E-state index in [-0.39, 0.29) is 28.8 Å². The Morgan fingerprint density at radius 2 is 1.51 bits per heavy atom. The molecule has 3 heterocycles. The summed E-state index contributed by atoms with van der Waals surface area (Å²) in [5.41, 5.74) is 0.211. The number of nitrogens with zero attached hydrogens (tertiary/aromatic N) is 1. The monoisotopic (exact) mass is 616 g/mol. The first-order valence-electron chi connectivity index (χ1n) is 15.3. The van der Waals surface area contributed by atoms with Crippen LogP contribution in [0.4, 0.5) is 0 Å². The highest BCUT2D eigenvalue weighted by molar-refractivity contribution is 7.89. The number of carboxylic acids is 1. The molecule has 6 N–H and O–H groups in total. The van der Waals surface area contributed by atoms with Gasteiger partial charge >= 0.3 is 5.97 Å². The van der Waals surface area contributed by atoms with Gasteiger partial charge in [-0.15, -0.1) is 0 Å². The van der Waals surface area contributed by atoms with Crippen LogP contribution in [-0.4, -0.2) is 81.6 Å². The van der Waals surface area contributed by atoms with E-state index >= 15 is 0 Å². The van der Waals surface area contributed by atoms with Gasteiger partial charge in [-0.05, 0) is 102 Å². The molecule has 236 valence electrons. The lowest BCUT2D eigenvalue weighted by molar-refractivity contribution is -0.139. The van der Waals surface area contributed by atoms with Crippen LogP contribution in [-0.2, 0) is 24.4 Å². The van der Waals surface area contributed by atoms with E-state index in [1.54, 1.807) is 24.3 Å². The number of carbonyl (C=O) groups excluding carboxylic acids is 2. The fourth-order valence-corrected chi connectivity index (χ4v) is 7.30. The number of aliphatic carboxylic acids is 1. The number of benzene rings is 1. The maximum absolute atomic E-state index is 13.2. The maximum atomic E-state index is 13.2. The minimum Gasteiger partial charge on any atom is -0.480 e. The Labute approximate surface area is 253 Å². The van der Waals surface area contributed by atoms with Gasteiger partial charge in [0.05, 0.1) is 12.1 Å². The van der Waals surface area contributed by atoms with Gasteiger partial charge < -0.3 is 26.4 Å². The second-order valence-corrected chi connectivity index (χ2v) is 13.3. The van der Waals surface area contributed by atoms with E-state index in [1.807, 2.05) is 0 Å². The number of piperidine rings is 2. The Kier molecular flexibility index (Phi) is 12.3. The van der Waals surface area contributed by atoms with Crippen molar-refractivity contribution in [1.82, 2.24) is 31.0 Å². The van der Waals surface area contributed by atoms with Crippen molar-refractivity contribution >= 4 is 38.7 Å². The first-order chi connectivity index (χ1) is 20.7. The zero-order valence-corrected chi connectivity index (χ0v) is 25.3. The van der Waals surface area contributed by atoms with E-state index in [0.717, 1.165) is 77.5 Å². The number of carbonyl (C=O) groups is 3. The van der Waals surface area contributed by atoms with Gasteiger partial charge in [0.1, 0.15) is 10.9 Å². The van der Waals surface area contributed by atoms with Crippen LogP contribution < -0.4 is 26.0 Å². The molecule has 2 aromatic rings. The van der Waals surface area contributed by atoms with Crippen molar-refractivity contribution in [2.24, 2.45) is 17.8 Å². The average molecular weight is 617 g/mol. The fourth-order valence-electron chi connectivity index (χ4n) is 5.93. The Balaban J connectivity index is 1.29. The first-order valence-corrected chi connectivity index (χ1v) is 16.8. The summed E-state index contributed by atoms with van der Waals surface area (Å²) in [5.74, 6) is -1.21. The highest BCUT2D eigenvalue weighted by Gasteiger charge is 2.28. The number of hydrogen-bond donors (Lipinski definition) is 6. The quantitative estimate of drug-likeness (QED) is 0.172. The van der Waals surface area contributed by atoms with Crippen LogP contribution in [0, 0.1) is 17.8 Å². The highest BCUT2D eigenvalue weighted by atomic mass is 32.2. The fraction of sp³-hybridized carbons (Fsp3) is 0.600. The van der Waals surface area contributed by atoms with Gasteiger partial charge in [0.15, 0.2) is 0 Å². The van der Waals surface area contributed by atoms with E-state index in [1.165, 1.54) is 12.3 Å². The second-order valence-electron chi connectivity index (χ2n) is 11.6. The lowest BCUT2D eigenvalue weighted by Gasteiger charge is -2.27. The molecule has 1 aromatic heterocycles. The molecule has 2 fully saturated rings. The van der Waals surface area contributed by atoms with E-state index in [4.69, 9.17) is 0 Å². The third-order valence-electron chi connectivity index (χ3n) is 8.54. The molecule has 13 heteroatoms. The number of carboxylic acid groups (broad SMARTS) is 1. The van der Waals surface area contributed by atoms with Crippen LogP contribution in [0.25, 0.3) is 10.9 Å². The van der Waals surface area contributed by atoms with Gasteiger partial charge in [0, 0.05) is 24.0 Å². The molecule has 2 aliphatic rings. The lowest BCUT2D eigenvalue weighted by atomic mass is 9.84. The van der Waals surface area contributed by atoms with Crippen molar-refractivity contribution < 1.29 is 27.9 Å². The zero-order valence-electron chi connectivity index (χ0n) is 24.5. The molecule has 0 radical (unpaired) electrons. The topological polar surface area (TPSA) is 179 Å². The summed E-state index contributed by atoms with van der Waals surface area (Å²) in [6.45, 7) is 3.21. The van der Waals surface area contributed by atoms with Crippen LogP contribution >= 0.6 is 0 Å². The minimum absolute atomic E-state index is 0.157. The zero-order chi connectivity index (χ0) is 30.7. The molecule has 0 spiro atoms. The van der Waals surface area contributed by atoms with Crippen molar-refractivity contribution in [2.75, 3.05) is 39.3 Å². The summed E-state index contributed by atoms with van der Waals surface area (Å²) < 4.78 is 28.3. The van der Waals surface area contributed by atoms with Crippen molar-refractivity contribution in [3.63, 3.8) is 0 Å². The summed E-state index contributed by atoms with van der Waals surface area (Å²) >= 11 is 0. The van der Waals surface area contributed by atoms with E-state index in [2.05, 4.69) is 31.0 Å². The van der Waals surface area contributed by atoms with Crippen LogP contribution in [0.2, 0.25) is 0 Å². The summed E-state index contributed by atoms with van der Waals surface area (Å²) in [4.78, 5) is 41.6. The van der Waals surface area contributed by atoms with Gasteiger partial charge in [0.25, 0.3) is 0 Å². The smallest absolute Gasteiger partial charge is 0.323 e.